The van der Waals surface area contributed by atoms with Gasteiger partial charge in [-0.2, -0.15) is 5.26 Å². The Labute approximate surface area is 119 Å². The maximum Gasteiger partial charge on any atom is 0.137 e. The predicted molar refractivity (Wildman–Crippen MR) is 77.6 cm³/mol. The Morgan fingerprint density at radius 2 is 2.21 bits per heavy atom. The van der Waals surface area contributed by atoms with Crippen molar-refractivity contribution in [3.8, 4) is 16.6 Å². The number of hydrogen-bond donors (Lipinski definition) is 0. The van der Waals surface area contributed by atoms with Crippen molar-refractivity contribution in [2.24, 2.45) is 0 Å². The van der Waals surface area contributed by atoms with Crippen molar-refractivity contribution in [2.75, 3.05) is 0 Å². The maximum atomic E-state index is 9.03. The largest absolute Gasteiger partial charge is 0.302 e. The summed E-state index contributed by atoms with van der Waals surface area (Å²) >= 11 is 7.46. The van der Waals surface area contributed by atoms with Crippen LogP contribution in [0.25, 0.3) is 16.2 Å². The lowest BCUT2D eigenvalue weighted by Gasteiger charge is -2.00. The molecule has 3 aromatic rings. The molecule has 19 heavy (non-hydrogen) atoms. The molecular weight excluding hydrogens is 278 g/mol. The van der Waals surface area contributed by atoms with E-state index in [1.807, 2.05) is 41.8 Å². The van der Waals surface area contributed by atoms with Crippen LogP contribution in [0.1, 0.15) is 11.3 Å². The minimum atomic E-state index is 0.329. The zero-order valence-corrected chi connectivity index (χ0v) is 11.8. The predicted octanol–water partition coefficient (Wildman–Crippen LogP) is 4.09. The second-order valence-corrected chi connectivity index (χ2v) is 6.00. The van der Waals surface area contributed by atoms with Gasteiger partial charge in [-0.3, -0.25) is 0 Å². The molecule has 3 rings (SSSR count). The van der Waals surface area contributed by atoms with E-state index in [9.17, 15) is 0 Å². The average Bonchev–Trinajstić information content (AvgIpc) is 2.95. The minimum absolute atomic E-state index is 0.329. The zero-order chi connectivity index (χ0) is 13.4. The monoisotopic (exact) mass is 287 g/mol. The van der Waals surface area contributed by atoms with Crippen molar-refractivity contribution in [3.63, 3.8) is 0 Å². The number of halogens is 1. The third-order valence-corrected chi connectivity index (χ3v) is 4.16. The molecule has 0 aliphatic heterocycles. The fourth-order valence-electron chi connectivity index (χ4n) is 2.08. The first-order valence-corrected chi connectivity index (χ1v) is 6.99. The Morgan fingerprint density at radius 1 is 1.37 bits per heavy atom. The number of fused-ring (bicyclic) bond motifs is 1. The van der Waals surface area contributed by atoms with E-state index in [0.29, 0.717) is 6.42 Å². The molecule has 0 radical (unpaired) electrons. The first-order chi connectivity index (χ1) is 9.19. The summed E-state index contributed by atoms with van der Waals surface area (Å²) in [5.74, 6) is 0. The Kier molecular flexibility index (Phi) is 3.02. The topological polar surface area (TPSA) is 41.1 Å². The highest BCUT2D eigenvalue weighted by Crippen LogP contribution is 2.33. The van der Waals surface area contributed by atoms with Gasteiger partial charge in [-0.1, -0.05) is 17.7 Å². The van der Waals surface area contributed by atoms with Crippen molar-refractivity contribution in [1.82, 2.24) is 9.38 Å². The van der Waals surface area contributed by atoms with Crippen LogP contribution in [-0.2, 0) is 6.42 Å². The molecule has 0 spiro atoms. The van der Waals surface area contributed by atoms with Crippen LogP contribution >= 0.6 is 22.9 Å². The standard InChI is InChI=1S/C14H10ClN3S/c1-9-2-5-13-17-14(11-3-4-12(15)19-11)10(6-7-16)18(13)8-9/h2-5,8H,6H2,1H3. The summed E-state index contributed by atoms with van der Waals surface area (Å²) in [6.07, 6.45) is 2.34. The van der Waals surface area contributed by atoms with Crippen LogP contribution in [0.4, 0.5) is 0 Å². The highest BCUT2D eigenvalue weighted by Gasteiger charge is 2.15. The molecular formula is C14H10ClN3S. The smallest absolute Gasteiger partial charge is 0.137 e. The summed E-state index contributed by atoms with van der Waals surface area (Å²) in [7, 11) is 0. The van der Waals surface area contributed by atoms with Crippen LogP contribution < -0.4 is 0 Å². The van der Waals surface area contributed by atoms with Crippen LogP contribution in [0.3, 0.4) is 0 Å². The molecule has 0 amide bonds. The van der Waals surface area contributed by atoms with Gasteiger partial charge in [0, 0.05) is 6.20 Å². The second kappa shape index (κ2) is 4.69. The van der Waals surface area contributed by atoms with Crippen molar-refractivity contribution >= 4 is 28.6 Å². The van der Waals surface area contributed by atoms with Crippen LogP contribution in [0.2, 0.25) is 4.34 Å². The molecule has 0 bridgehead atoms. The Morgan fingerprint density at radius 3 is 2.89 bits per heavy atom. The number of nitrogens with zero attached hydrogens (tertiary/aromatic N) is 3. The molecule has 0 saturated heterocycles. The molecule has 0 aliphatic rings. The molecule has 3 nitrogen and oxygen atoms in total. The number of pyridine rings is 1. The number of aryl methyl sites for hydroxylation is 1. The van der Waals surface area contributed by atoms with E-state index in [1.165, 1.54) is 11.3 Å². The van der Waals surface area contributed by atoms with Gasteiger partial charge in [0.15, 0.2) is 0 Å². The third kappa shape index (κ3) is 2.12. The first-order valence-electron chi connectivity index (χ1n) is 5.79. The molecule has 0 unspecified atom stereocenters. The SMILES string of the molecule is Cc1ccc2nc(-c3ccc(Cl)s3)c(CC#N)n2c1. The zero-order valence-electron chi connectivity index (χ0n) is 10.2. The molecule has 3 aromatic heterocycles. The molecule has 94 valence electrons. The highest BCUT2D eigenvalue weighted by atomic mass is 35.5. The van der Waals surface area contributed by atoms with Gasteiger partial charge in [-0.05, 0) is 30.7 Å². The molecule has 0 aliphatic carbocycles. The van der Waals surface area contributed by atoms with Crippen molar-refractivity contribution in [1.29, 1.82) is 5.26 Å². The summed E-state index contributed by atoms with van der Waals surface area (Å²) in [4.78, 5) is 5.62. The number of hydrogen-bond acceptors (Lipinski definition) is 3. The third-order valence-electron chi connectivity index (χ3n) is 2.92. The lowest BCUT2D eigenvalue weighted by Crippen LogP contribution is -1.93. The van der Waals surface area contributed by atoms with E-state index in [1.54, 1.807) is 0 Å². The van der Waals surface area contributed by atoms with Gasteiger partial charge in [-0.15, -0.1) is 11.3 Å². The van der Waals surface area contributed by atoms with E-state index in [2.05, 4.69) is 11.1 Å². The molecule has 0 fully saturated rings. The lowest BCUT2D eigenvalue weighted by atomic mass is 10.2. The summed E-state index contributed by atoms with van der Waals surface area (Å²) in [6, 6.07) is 10.00. The summed E-state index contributed by atoms with van der Waals surface area (Å²) in [6.45, 7) is 2.03. The van der Waals surface area contributed by atoms with E-state index < -0.39 is 0 Å². The molecule has 0 saturated carbocycles. The van der Waals surface area contributed by atoms with Gasteiger partial charge < -0.3 is 4.40 Å². The number of nitriles is 1. The second-order valence-electron chi connectivity index (χ2n) is 4.28. The number of thiophene rings is 1. The number of rotatable bonds is 2. The van der Waals surface area contributed by atoms with Crippen LogP contribution in [0.15, 0.2) is 30.5 Å². The average molecular weight is 288 g/mol. The molecule has 3 heterocycles. The van der Waals surface area contributed by atoms with E-state index in [-0.39, 0.29) is 0 Å². The lowest BCUT2D eigenvalue weighted by molar-refractivity contribution is 1.04. The number of aromatic nitrogens is 2. The van der Waals surface area contributed by atoms with Crippen molar-refractivity contribution in [2.45, 2.75) is 13.3 Å². The van der Waals surface area contributed by atoms with Gasteiger partial charge in [-0.25, -0.2) is 4.98 Å². The Balaban J connectivity index is 2.29. The fourth-order valence-corrected chi connectivity index (χ4v) is 3.14. The quantitative estimate of drug-likeness (QED) is 0.712. The van der Waals surface area contributed by atoms with Crippen molar-refractivity contribution < 1.29 is 0 Å². The van der Waals surface area contributed by atoms with Gasteiger partial charge in [0.1, 0.15) is 11.3 Å². The Hall–Kier alpha value is -1.83. The van der Waals surface area contributed by atoms with Crippen LogP contribution in [-0.4, -0.2) is 9.38 Å². The molecule has 0 atom stereocenters. The Bertz CT molecular complexity index is 795. The van der Waals surface area contributed by atoms with Gasteiger partial charge in [0.05, 0.1) is 27.4 Å². The maximum absolute atomic E-state index is 9.03. The van der Waals surface area contributed by atoms with Gasteiger partial charge in [0.25, 0.3) is 0 Å². The highest BCUT2D eigenvalue weighted by molar-refractivity contribution is 7.19. The summed E-state index contributed by atoms with van der Waals surface area (Å²) in [5, 5.41) is 9.03. The van der Waals surface area contributed by atoms with Crippen molar-refractivity contribution in [3.05, 3.63) is 46.1 Å². The van der Waals surface area contributed by atoms with Crippen LogP contribution in [0, 0.1) is 18.3 Å². The summed E-state index contributed by atoms with van der Waals surface area (Å²) in [5.41, 5.74) is 3.76. The summed E-state index contributed by atoms with van der Waals surface area (Å²) < 4.78 is 2.72. The molecule has 0 N–H and O–H groups in total. The first kappa shape index (κ1) is 12.2. The van der Waals surface area contributed by atoms with E-state index >= 15 is 0 Å². The van der Waals surface area contributed by atoms with Gasteiger partial charge >= 0.3 is 0 Å². The molecule has 0 aromatic carbocycles. The normalized spacial score (nSPS) is 10.8. The number of imidazole rings is 1. The van der Waals surface area contributed by atoms with Crippen LogP contribution in [0.5, 0.6) is 0 Å². The van der Waals surface area contributed by atoms with E-state index in [4.69, 9.17) is 16.9 Å². The molecule has 5 heteroatoms. The fraction of sp³-hybridized carbons (Fsp3) is 0.143. The van der Waals surface area contributed by atoms with E-state index in [0.717, 1.165) is 31.8 Å². The minimum Gasteiger partial charge on any atom is -0.302 e. The van der Waals surface area contributed by atoms with Gasteiger partial charge in [0.2, 0.25) is 0 Å².